The Morgan fingerprint density at radius 1 is 1.57 bits per heavy atom. The van der Waals surface area contributed by atoms with Gasteiger partial charge in [-0.2, -0.15) is 0 Å². The molecule has 0 spiro atoms. The van der Waals surface area contributed by atoms with Crippen molar-refractivity contribution in [3.05, 3.63) is 18.2 Å². The summed E-state index contributed by atoms with van der Waals surface area (Å²) in [6.07, 6.45) is 3.52. The standard InChI is InChI=1S/C10H18N2O2/c1-4-8(14-3)9(13)10-11-6-7-12(10)5-2/h6-9,13H,4-5H2,1-3H3. The van der Waals surface area contributed by atoms with E-state index in [4.69, 9.17) is 4.74 Å². The molecule has 0 radical (unpaired) electrons. The Balaban J connectivity index is 2.81. The van der Waals surface area contributed by atoms with Gasteiger partial charge >= 0.3 is 0 Å². The molecule has 4 nitrogen and oxygen atoms in total. The maximum absolute atomic E-state index is 9.97. The van der Waals surface area contributed by atoms with Crippen molar-refractivity contribution >= 4 is 0 Å². The summed E-state index contributed by atoms with van der Waals surface area (Å²) in [5.74, 6) is 0.682. The number of nitrogens with zero attached hydrogens (tertiary/aromatic N) is 2. The van der Waals surface area contributed by atoms with Crippen LogP contribution in [0, 0.1) is 0 Å². The highest BCUT2D eigenvalue weighted by atomic mass is 16.5. The number of imidazole rings is 1. The molecule has 0 bridgehead atoms. The topological polar surface area (TPSA) is 47.3 Å². The van der Waals surface area contributed by atoms with Gasteiger partial charge < -0.3 is 14.4 Å². The molecule has 0 aliphatic carbocycles. The number of methoxy groups -OCH3 is 1. The summed E-state index contributed by atoms with van der Waals surface area (Å²) in [5, 5.41) is 9.97. The van der Waals surface area contributed by atoms with Gasteiger partial charge in [-0.3, -0.25) is 0 Å². The molecule has 0 fully saturated rings. The summed E-state index contributed by atoms with van der Waals surface area (Å²) in [5.41, 5.74) is 0. The molecule has 0 aliphatic rings. The Bertz CT molecular complexity index is 269. The van der Waals surface area contributed by atoms with E-state index in [0.717, 1.165) is 13.0 Å². The second kappa shape index (κ2) is 5.12. The van der Waals surface area contributed by atoms with Gasteiger partial charge in [0.25, 0.3) is 0 Å². The van der Waals surface area contributed by atoms with Crippen LogP contribution in [0.3, 0.4) is 0 Å². The monoisotopic (exact) mass is 198 g/mol. The molecule has 1 aromatic rings. The first-order chi connectivity index (χ1) is 6.74. The number of aliphatic hydroxyl groups excluding tert-OH is 1. The molecule has 2 atom stereocenters. The zero-order valence-electron chi connectivity index (χ0n) is 8.97. The molecule has 0 aliphatic heterocycles. The van der Waals surface area contributed by atoms with Crippen molar-refractivity contribution in [2.24, 2.45) is 0 Å². The number of rotatable bonds is 5. The molecule has 1 N–H and O–H groups in total. The fourth-order valence-corrected chi connectivity index (χ4v) is 1.54. The fourth-order valence-electron chi connectivity index (χ4n) is 1.54. The van der Waals surface area contributed by atoms with Crippen LogP contribution in [0.1, 0.15) is 32.2 Å². The van der Waals surface area contributed by atoms with Crippen LogP contribution in [-0.2, 0) is 11.3 Å². The molecule has 1 rings (SSSR count). The largest absolute Gasteiger partial charge is 0.382 e. The van der Waals surface area contributed by atoms with Crippen molar-refractivity contribution in [2.75, 3.05) is 7.11 Å². The lowest BCUT2D eigenvalue weighted by Crippen LogP contribution is -2.23. The van der Waals surface area contributed by atoms with E-state index in [-0.39, 0.29) is 6.10 Å². The van der Waals surface area contributed by atoms with Crippen molar-refractivity contribution < 1.29 is 9.84 Å². The Morgan fingerprint density at radius 2 is 2.29 bits per heavy atom. The molecular weight excluding hydrogens is 180 g/mol. The minimum atomic E-state index is -0.639. The van der Waals surface area contributed by atoms with Crippen LogP contribution >= 0.6 is 0 Å². The molecule has 2 unspecified atom stereocenters. The Labute approximate surface area is 84.5 Å². The smallest absolute Gasteiger partial charge is 0.140 e. The fraction of sp³-hybridized carbons (Fsp3) is 0.700. The highest BCUT2D eigenvalue weighted by molar-refractivity contribution is 4.98. The van der Waals surface area contributed by atoms with E-state index >= 15 is 0 Å². The van der Waals surface area contributed by atoms with Gasteiger partial charge in [0.2, 0.25) is 0 Å². The summed E-state index contributed by atoms with van der Waals surface area (Å²) in [6, 6.07) is 0. The third kappa shape index (κ3) is 2.13. The molecule has 0 saturated carbocycles. The zero-order chi connectivity index (χ0) is 10.6. The first kappa shape index (κ1) is 11.2. The minimum absolute atomic E-state index is 0.178. The molecule has 14 heavy (non-hydrogen) atoms. The lowest BCUT2D eigenvalue weighted by molar-refractivity contribution is -0.0206. The maximum Gasteiger partial charge on any atom is 0.140 e. The predicted molar refractivity (Wildman–Crippen MR) is 53.9 cm³/mol. The molecular formula is C10H18N2O2. The Kier molecular flexibility index (Phi) is 4.10. The second-order valence-electron chi connectivity index (χ2n) is 3.20. The first-order valence-electron chi connectivity index (χ1n) is 4.96. The number of hydrogen-bond donors (Lipinski definition) is 1. The summed E-state index contributed by atoms with van der Waals surface area (Å²) < 4.78 is 7.10. The quantitative estimate of drug-likeness (QED) is 0.777. The van der Waals surface area contributed by atoms with Gasteiger partial charge in [0.1, 0.15) is 11.9 Å². The molecule has 0 saturated heterocycles. The van der Waals surface area contributed by atoms with Gasteiger partial charge in [0, 0.05) is 26.0 Å². The normalized spacial score (nSPS) is 15.4. The summed E-state index contributed by atoms with van der Waals surface area (Å²) in [7, 11) is 1.61. The van der Waals surface area contributed by atoms with Crippen LogP contribution in [-0.4, -0.2) is 27.9 Å². The molecule has 4 heteroatoms. The number of ether oxygens (including phenoxy) is 1. The Hall–Kier alpha value is -0.870. The number of aromatic nitrogens is 2. The van der Waals surface area contributed by atoms with E-state index in [1.54, 1.807) is 13.3 Å². The van der Waals surface area contributed by atoms with Crippen molar-refractivity contribution in [1.82, 2.24) is 9.55 Å². The van der Waals surface area contributed by atoms with E-state index in [2.05, 4.69) is 4.98 Å². The molecule has 80 valence electrons. The summed E-state index contributed by atoms with van der Waals surface area (Å²) in [4.78, 5) is 4.14. The van der Waals surface area contributed by atoms with Gasteiger partial charge in [-0.05, 0) is 13.3 Å². The van der Waals surface area contributed by atoms with Crippen LogP contribution < -0.4 is 0 Å². The van der Waals surface area contributed by atoms with Gasteiger partial charge in [0.15, 0.2) is 0 Å². The zero-order valence-corrected chi connectivity index (χ0v) is 8.97. The highest BCUT2D eigenvalue weighted by Gasteiger charge is 2.22. The lowest BCUT2D eigenvalue weighted by atomic mass is 10.1. The lowest BCUT2D eigenvalue weighted by Gasteiger charge is -2.20. The summed E-state index contributed by atoms with van der Waals surface area (Å²) in [6.45, 7) is 4.81. The van der Waals surface area contributed by atoms with Crippen LogP contribution in [0.25, 0.3) is 0 Å². The third-order valence-corrected chi connectivity index (χ3v) is 2.41. The average molecular weight is 198 g/mol. The van der Waals surface area contributed by atoms with Crippen molar-refractivity contribution in [1.29, 1.82) is 0 Å². The molecule has 0 amide bonds. The van der Waals surface area contributed by atoms with E-state index in [1.807, 2.05) is 24.6 Å². The second-order valence-corrected chi connectivity index (χ2v) is 3.20. The maximum atomic E-state index is 9.97. The predicted octanol–water partition coefficient (Wildman–Crippen LogP) is 1.36. The highest BCUT2D eigenvalue weighted by Crippen LogP contribution is 2.19. The van der Waals surface area contributed by atoms with Gasteiger partial charge in [-0.15, -0.1) is 0 Å². The van der Waals surface area contributed by atoms with E-state index < -0.39 is 6.10 Å². The van der Waals surface area contributed by atoms with E-state index in [9.17, 15) is 5.11 Å². The van der Waals surface area contributed by atoms with Gasteiger partial charge in [-0.1, -0.05) is 6.92 Å². The van der Waals surface area contributed by atoms with Crippen LogP contribution in [0.5, 0.6) is 0 Å². The van der Waals surface area contributed by atoms with E-state index in [1.165, 1.54) is 0 Å². The number of hydrogen-bond acceptors (Lipinski definition) is 3. The van der Waals surface area contributed by atoms with Crippen molar-refractivity contribution in [3.8, 4) is 0 Å². The van der Waals surface area contributed by atoms with Crippen molar-refractivity contribution in [2.45, 2.75) is 39.0 Å². The van der Waals surface area contributed by atoms with Gasteiger partial charge in [-0.25, -0.2) is 4.98 Å². The molecule has 0 aromatic carbocycles. The SMILES string of the molecule is CCC(OC)C(O)c1nccn1CC. The Morgan fingerprint density at radius 3 is 2.79 bits per heavy atom. The van der Waals surface area contributed by atoms with E-state index in [0.29, 0.717) is 5.82 Å². The van der Waals surface area contributed by atoms with Gasteiger partial charge in [0.05, 0.1) is 6.10 Å². The third-order valence-electron chi connectivity index (χ3n) is 2.41. The number of aryl methyl sites for hydroxylation is 1. The van der Waals surface area contributed by atoms with Crippen LogP contribution in [0.2, 0.25) is 0 Å². The van der Waals surface area contributed by atoms with Crippen LogP contribution in [0.15, 0.2) is 12.4 Å². The van der Waals surface area contributed by atoms with Crippen LogP contribution in [0.4, 0.5) is 0 Å². The number of aliphatic hydroxyl groups is 1. The van der Waals surface area contributed by atoms with Crippen molar-refractivity contribution in [3.63, 3.8) is 0 Å². The summed E-state index contributed by atoms with van der Waals surface area (Å²) >= 11 is 0. The minimum Gasteiger partial charge on any atom is -0.382 e. The molecule has 1 heterocycles. The molecule has 1 aromatic heterocycles. The average Bonchev–Trinajstić information content (AvgIpc) is 2.67. The first-order valence-corrected chi connectivity index (χ1v) is 4.96.